The third kappa shape index (κ3) is 2.74. The van der Waals surface area contributed by atoms with Gasteiger partial charge in [-0.05, 0) is 17.4 Å². The Labute approximate surface area is 69.0 Å². The molecule has 0 amide bonds. The zero-order chi connectivity index (χ0) is 9.02. The van der Waals surface area contributed by atoms with Gasteiger partial charge in [0.05, 0.1) is 0 Å². The monoisotopic (exact) mass is 154 g/mol. The third-order valence-corrected chi connectivity index (χ3v) is 1.73. The molecule has 0 radical (unpaired) electrons. The van der Waals surface area contributed by atoms with Crippen LogP contribution >= 0.6 is 0 Å². The predicted octanol–water partition coefficient (Wildman–Crippen LogP) is 2.16. The summed E-state index contributed by atoms with van der Waals surface area (Å²) in [5.41, 5.74) is 7.60. The van der Waals surface area contributed by atoms with Crippen LogP contribution in [0.3, 0.4) is 0 Å². The molecule has 0 aliphatic carbocycles. The van der Waals surface area contributed by atoms with Gasteiger partial charge in [-0.15, -0.1) is 0 Å². The number of nitrogens with two attached hydrogens (primary N) is 1. The molecule has 0 aliphatic rings. The van der Waals surface area contributed by atoms with Crippen molar-refractivity contribution in [2.75, 3.05) is 0 Å². The van der Waals surface area contributed by atoms with E-state index in [4.69, 9.17) is 11.1 Å². The molecular weight excluding hydrogens is 136 g/mol. The summed E-state index contributed by atoms with van der Waals surface area (Å²) >= 11 is 0. The summed E-state index contributed by atoms with van der Waals surface area (Å²) in [6, 6.07) is 0. The Kier molecular flexibility index (Phi) is 3.86. The minimum Gasteiger partial charge on any atom is -0.402 e. The normalized spacial score (nSPS) is 13.6. The highest BCUT2D eigenvalue weighted by atomic mass is 14.6. The van der Waals surface area contributed by atoms with Crippen molar-refractivity contribution in [2.24, 2.45) is 17.6 Å². The van der Waals surface area contributed by atoms with Crippen molar-refractivity contribution in [3.63, 3.8) is 0 Å². The molecule has 2 nitrogen and oxygen atoms in total. The molecule has 64 valence electrons. The van der Waals surface area contributed by atoms with Crippen LogP contribution in [0.15, 0.2) is 11.3 Å². The number of nitrogens with one attached hydrogen (secondary N) is 1. The molecule has 0 saturated carbocycles. The molecule has 0 atom stereocenters. The first-order valence-corrected chi connectivity index (χ1v) is 4.00. The maximum Gasteiger partial charge on any atom is 0.0229 e. The molecule has 0 spiro atoms. The van der Waals surface area contributed by atoms with Gasteiger partial charge in [-0.2, -0.15) is 0 Å². The molecule has 0 aromatic rings. The van der Waals surface area contributed by atoms with Gasteiger partial charge in [0, 0.05) is 11.9 Å². The lowest BCUT2D eigenvalue weighted by atomic mass is 9.97. The second kappa shape index (κ2) is 4.16. The summed E-state index contributed by atoms with van der Waals surface area (Å²) in [5, 5.41) is 7.15. The topological polar surface area (TPSA) is 49.9 Å². The van der Waals surface area contributed by atoms with E-state index in [-0.39, 0.29) is 0 Å². The molecule has 0 rings (SSSR count). The number of allylic oxidation sites excluding steroid dienone is 2. The van der Waals surface area contributed by atoms with Gasteiger partial charge in [0.25, 0.3) is 0 Å². The number of hydrogen-bond donors (Lipinski definition) is 2. The van der Waals surface area contributed by atoms with Crippen LogP contribution in [-0.2, 0) is 0 Å². The van der Waals surface area contributed by atoms with Crippen molar-refractivity contribution in [1.82, 2.24) is 0 Å². The Balaban J connectivity index is 4.68. The van der Waals surface area contributed by atoms with Gasteiger partial charge in [0.15, 0.2) is 0 Å². The Morgan fingerprint density at radius 1 is 1.18 bits per heavy atom. The molecule has 0 aliphatic heterocycles. The highest BCUT2D eigenvalue weighted by molar-refractivity contribution is 5.77. The van der Waals surface area contributed by atoms with E-state index in [0.29, 0.717) is 11.8 Å². The smallest absolute Gasteiger partial charge is 0.0229 e. The van der Waals surface area contributed by atoms with Crippen LogP contribution in [0.4, 0.5) is 0 Å². The maximum atomic E-state index is 7.15. The maximum absolute atomic E-state index is 7.15. The molecule has 0 heterocycles. The zero-order valence-corrected chi connectivity index (χ0v) is 7.81. The molecule has 0 aromatic heterocycles. The standard InChI is InChI=1S/C9H18N2/c1-6(2)8(5-10)9(11)7(3)4/h5-7,10H,11H2,1-4H3/b9-8+,10-5?. The van der Waals surface area contributed by atoms with Crippen LogP contribution in [0.1, 0.15) is 27.7 Å². The van der Waals surface area contributed by atoms with Crippen LogP contribution in [0.5, 0.6) is 0 Å². The zero-order valence-electron chi connectivity index (χ0n) is 7.81. The molecule has 2 heteroatoms. The molecule has 0 aromatic carbocycles. The minimum atomic E-state index is 0.342. The van der Waals surface area contributed by atoms with Crippen molar-refractivity contribution in [3.05, 3.63) is 11.3 Å². The highest BCUT2D eigenvalue weighted by Gasteiger charge is 2.07. The van der Waals surface area contributed by atoms with Crippen LogP contribution in [-0.4, -0.2) is 6.21 Å². The van der Waals surface area contributed by atoms with Gasteiger partial charge in [0.1, 0.15) is 0 Å². The number of rotatable bonds is 3. The van der Waals surface area contributed by atoms with E-state index in [9.17, 15) is 0 Å². The highest BCUT2D eigenvalue weighted by Crippen LogP contribution is 2.14. The largest absolute Gasteiger partial charge is 0.402 e. The van der Waals surface area contributed by atoms with Crippen molar-refractivity contribution < 1.29 is 0 Å². The van der Waals surface area contributed by atoms with Gasteiger partial charge in [-0.1, -0.05) is 27.7 Å². The summed E-state index contributed by atoms with van der Waals surface area (Å²) in [4.78, 5) is 0. The molecular formula is C9H18N2. The number of hydrogen-bond acceptors (Lipinski definition) is 2. The molecule has 0 fully saturated rings. The van der Waals surface area contributed by atoms with Crippen molar-refractivity contribution in [3.8, 4) is 0 Å². The van der Waals surface area contributed by atoms with E-state index >= 15 is 0 Å². The quantitative estimate of drug-likeness (QED) is 0.601. The van der Waals surface area contributed by atoms with Gasteiger partial charge in [-0.25, -0.2) is 0 Å². The average molecular weight is 154 g/mol. The first kappa shape index (κ1) is 10.2. The second-order valence-corrected chi connectivity index (χ2v) is 3.36. The molecule has 0 bridgehead atoms. The summed E-state index contributed by atoms with van der Waals surface area (Å²) < 4.78 is 0. The van der Waals surface area contributed by atoms with Crippen LogP contribution in [0.25, 0.3) is 0 Å². The van der Waals surface area contributed by atoms with E-state index in [1.165, 1.54) is 6.21 Å². The molecule has 3 N–H and O–H groups in total. The van der Waals surface area contributed by atoms with Crippen molar-refractivity contribution in [2.45, 2.75) is 27.7 Å². The summed E-state index contributed by atoms with van der Waals surface area (Å²) in [6.07, 6.45) is 1.36. The van der Waals surface area contributed by atoms with E-state index in [1.54, 1.807) is 0 Å². The fourth-order valence-corrected chi connectivity index (χ4v) is 0.917. The van der Waals surface area contributed by atoms with Crippen LogP contribution in [0, 0.1) is 17.2 Å². The first-order valence-electron chi connectivity index (χ1n) is 4.00. The summed E-state index contributed by atoms with van der Waals surface area (Å²) in [5.74, 6) is 0.698. The van der Waals surface area contributed by atoms with Crippen LogP contribution in [0.2, 0.25) is 0 Å². The summed E-state index contributed by atoms with van der Waals surface area (Å²) in [6.45, 7) is 8.19. The Bertz CT molecular complexity index is 166. The second-order valence-electron chi connectivity index (χ2n) is 3.36. The average Bonchev–Trinajstić information content (AvgIpc) is 1.88. The molecule has 0 saturated heterocycles. The van der Waals surface area contributed by atoms with E-state index in [0.717, 1.165) is 11.3 Å². The van der Waals surface area contributed by atoms with Crippen molar-refractivity contribution >= 4 is 6.21 Å². The SMILES string of the molecule is CC(C)/C(N)=C(/C=N)C(C)C. The van der Waals surface area contributed by atoms with Gasteiger partial charge in [0.2, 0.25) is 0 Å². The summed E-state index contributed by atoms with van der Waals surface area (Å²) in [7, 11) is 0. The lowest BCUT2D eigenvalue weighted by Crippen LogP contribution is -2.13. The van der Waals surface area contributed by atoms with Crippen LogP contribution < -0.4 is 5.73 Å². The van der Waals surface area contributed by atoms with E-state index in [2.05, 4.69) is 13.8 Å². The fourth-order valence-electron chi connectivity index (χ4n) is 0.917. The Morgan fingerprint density at radius 2 is 1.64 bits per heavy atom. The van der Waals surface area contributed by atoms with E-state index in [1.807, 2.05) is 13.8 Å². The lowest BCUT2D eigenvalue weighted by molar-refractivity contribution is 0.706. The van der Waals surface area contributed by atoms with E-state index < -0.39 is 0 Å². The first-order chi connectivity index (χ1) is 5.00. The van der Waals surface area contributed by atoms with Gasteiger partial charge >= 0.3 is 0 Å². The molecule has 11 heavy (non-hydrogen) atoms. The van der Waals surface area contributed by atoms with Crippen molar-refractivity contribution in [1.29, 1.82) is 5.41 Å². The Hall–Kier alpha value is -0.790. The third-order valence-electron chi connectivity index (χ3n) is 1.73. The minimum absolute atomic E-state index is 0.342. The lowest BCUT2D eigenvalue weighted by Gasteiger charge is -2.13. The fraction of sp³-hybridized carbons (Fsp3) is 0.667. The van der Waals surface area contributed by atoms with Gasteiger partial charge < -0.3 is 11.1 Å². The molecule has 0 unspecified atom stereocenters. The predicted molar refractivity (Wildman–Crippen MR) is 49.7 cm³/mol. The Morgan fingerprint density at radius 3 is 1.73 bits per heavy atom. The van der Waals surface area contributed by atoms with Gasteiger partial charge in [-0.3, -0.25) is 0 Å².